The summed E-state index contributed by atoms with van der Waals surface area (Å²) in [5.74, 6) is -0.974. The summed E-state index contributed by atoms with van der Waals surface area (Å²) >= 11 is 5.76. The summed E-state index contributed by atoms with van der Waals surface area (Å²) in [5.41, 5.74) is 0.685. The van der Waals surface area contributed by atoms with Crippen molar-refractivity contribution in [3.8, 4) is 0 Å². The molecule has 3 N–H and O–H groups in total. The van der Waals surface area contributed by atoms with E-state index in [1.807, 2.05) is 0 Å². The summed E-state index contributed by atoms with van der Waals surface area (Å²) < 4.78 is 13.5. The Labute approximate surface area is 138 Å². The molecule has 0 saturated heterocycles. The van der Waals surface area contributed by atoms with Crippen LogP contribution in [0.5, 0.6) is 0 Å². The minimum atomic E-state index is -1.15. The molecule has 0 heterocycles. The molecule has 23 heavy (non-hydrogen) atoms. The van der Waals surface area contributed by atoms with Crippen LogP contribution in [0.25, 0.3) is 0 Å². The van der Waals surface area contributed by atoms with Gasteiger partial charge in [-0.1, -0.05) is 41.9 Å². The van der Waals surface area contributed by atoms with E-state index in [1.54, 1.807) is 30.3 Å². The van der Waals surface area contributed by atoms with Gasteiger partial charge in [-0.25, -0.2) is 4.39 Å². The van der Waals surface area contributed by atoms with Crippen molar-refractivity contribution in [3.05, 3.63) is 70.5 Å². The molecule has 0 fully saturated rings. The van der Waals surface area contributed by atoms with Crippen LogP contribution in [0.1, 0.15) is 29.8 Å². The van der Waals surface area contributed by atoms with Crippen molar-refractivity contribution in [3.63, 3.8) is 0 Å². The summed E-state index contributed by atoms with van der Waals surface area (Å²) in [7, 11) is 0. The minimum absolute atomic E-state index is 0.117. The fraction of sp³-hybridized carbons (Fsp3) is 0.235. The van der Waals surface area contributed by atoms with Gasteiger partial charge in [0, 0.05) is 17.1 Å². The van der Waals surface area contributed by atoms with Crippen molar-refractivity contribution in [2.24, 2.45) is 0 Å². The number of carbonyl (C=O) groups excluding carboxylic acids is 1. The Kier molecular flexibility index (Phi) is 6.10. The number of benzene rings is 2. The summed E-state index contributed by atoms with van der Waals surface area (Å²) in [5, 5.41) is 22.9. The Balaban J connectivity index is 1.85. The van der Waals surface area contributed by atoms with E-state index in [4.69, 9.17) is 11.6 Å². The molecule has 0 aliphatic carbocycles. The first-order chi connectivity index (χ1) is 11.0. The Bertz CT molecular complexity index is 663. The number of rotatable bonds is 6. The van der Waals surface area contributed by atoms with Crippen molar-refractivity contribution in [2.45, 2.75) is 18.6 Å². The minimum Gasteiger partial charge on any atom is -0.388 e. The van der Waals surface area contributed by atoms with Crippen LogP contribution in [-0.2, 0) is 4.79 Å². The first-order valence-electron chi connectivity index (χ1n) is 7.10. The zero-order valence-electron chi connectivity index (χ0n) is 12.2. The molecule has 0 bridgehead atoms. The van der Waals surface area contributed by atoms with Crippen LogP contribution in [0, 0.1) is 5.82 Å². The van der Waals surface area contributed by atoms with Crippen molar-refractivity contribution < 1.29 is 19.4 Å². The third kappa shape index (κ3) is 5.03. The lowest BCUT2D eigenvalue weighted by Gasteiger charge is -2.15. The second kappa shape index (κ2) is 8.06. The number of halogens is 2. The molecule has 0 aromatic heterocycles. The van der Waals surface area contributed by atoms with Crippen LogP contribution in [-0.4, -0.2) is 22.7 Å². The summed E-state index contributed by atoms with van der Waals surface area (Å²) in [6.45, 7) is -0.132. The summed E-state index contributed by atoms with van der Waals surface area (Å²) in [6, 6.07) is 12.3. The fourth-order valence-electron chi connectivity index (χ4n) is 2.12. The first-order valence-corrected chi connectivity index (χ1v) is 7.48. The van der Waals surface area contributed by atoms with Crippen molar-refractivity contribution in [2.75, 3.05) is 6.54 Å². The number of amides is 1. The van der Waals surface area contributed by atoms with E-state index in [0.29, 0.717) is 10.6 Å². The monoisotopic (exact) mass is 337 g/mol. The van der Waals surface area contributed by atoms with E-state index in [2.05, 4.69) is 5.32 Å². The van der Waals surface area contributed by atoms with Crippen molar-refractivity contribution in [1.29, 1.82) is 0 Å². The summed E-state index contributed by atoms with van der Waals surface area (Å²) in [4.78, 5) is 11.8. The van der Waals surface area contributed by atoms with Gasteiger partial charge in [-0.2, -0.15) is 0 Å². The Morgan fingerprint density at radius 1 is 1.09 bits per heavy atom. The number of hydrogen-bond acceptors (Lipinski definition) is 3. The largest absolute Gasteiger partial charge is 0.388 e. The molecular formula is C17H17ClFNO3. The van der Waals surface area contributed by atoms with Gasteiger partial charge in [-0.15, -0.1) is 0 Å². The maximum atomic E-state index is 13.5. The Morgan fingerprint density at radius 2 is 1.74 bits per heavy atom. The molecule has 122 valence electrons. The van der Waals surface area contributed by atoms with Gasteiger partial charge in [0.05, 0.1) is 18.6 Å². The molecule has 0 aliphatic heterocycles. The highest BCUT2D eigenvalue weighted by Crippen LogP contribution is 2.19. The van der Waals surface area contributed by atoms with Crippen molar-refractivity contribution in [1.82, 2.24) is 5.32 Å². The lowest BCUT2D eigenvalue weighted by molar-refractivity contribution is -0.123. The quantitative estimate of drug-likeness (QED) is 0.759. The van der Waals surface area contributed by atoms with Gasteiger partial charge in [0.15, 0.2) is 0 Å². The van der Waals surface area contributed by atoms with E-state index in [9.17, 15) is 19.4 Å². The topological polar surface area (TPSA) is 69.6 Å². The molecule has 0 spiro atoms. The predicted molar refractivity (Wildman–Crippen MR) is 85.4 cm³/mol. The number of aliphatic hydroxyl groups excluding tert-OH is 2. The highest BCUT2D eigenvalue weighted by Gasteiger charge is 2.16. The van der Waals surface area contributed by atoms with Gasteiger partial charge in [0.2, 0.25) is 5.91 Å². The first kappa shape index (κ1) is 17.4. The Morgan fingerprint density at radius 3 is 2.39 bits per heavy atom. The molecule has 2 unspecified atom stereocenters. The van der Waals surface area contributed by atoms with Gasteiger partial charge in [-0.3, -0.25) is 4.79 Å². The molecule has 2 atom stereocenters. The fourth-order valence-corrected chi connectivity index (χ4v) is 2.24. The Hall–Kier alpha value is -1.95. The number of aliphatic hydroxyl groups is 2. The zero-order chi connectivity index (χ0) is 16.8. The van der Waals surface area contributed by atoms with Gasteiger partial charge < -0.3 is 15.5 Å². The molecule has 2 aromatic carbocycles. The third-order valence-electron chi connectivity index (χ3n) is 3.39. The van der Waals surface area contributed by atoms with E-state index in [-0.39, 0.29) is 18.5 Å². The standard InChI is InChI=1S/C17H17ClFNO3/c18-12-7-5-11(6-8-12)15(21)9-17(23)20-10-16(22)13-3-1-2-4-14(13)19/h1-8,15-16,21-22H,9-10H2,(H,20,23). The van der Waals surface area contributed by atoms with Crippen LogP contribution in [0.15, 0.2) is 48.5 Å². The highest BCUT2D eigenvalue weighted by molar-refractivity contribution is 6.30. The molecule has 0 radical (unpaired) electrons. The van der Waals surface area contributed by atoms with E-state index in [1.165, 1.54) is 18.2 Å². The SMILES string of the molecule is O=C(CC(O)c1ccc(Cl)cc1)NCC(O)c1ccccc1F. The molecule has 0 aliphatic rings. The van der Waals surface area contributed by atoms with Crippen LogP contribution in [0.3, 0.4) is 0 Å². The van der Waals surface area contributed by atoms with Crippen LogP contribution in [0.4, 0.5) is 4.39 Å². The van der Waals surface area contributed by atoms with Crippen molar-refractivity contribution >= 4 is 17.5 Å². The molecule has 4 nitrogen and oxygen atoms in total. The lowest BCUT2D eigenvalue weighted by Crippen LogP contribution is -2.29. The number of hydrogen-bond donors (Lipinski definition) is 3. The van der Waals surface area contributed by atoms with E-state index >= 15 is 0 Å². The zero-order valence-corrected chi connectivity index (χ0v) is 13.0. The maximum Gasteiger partial charge on any atom is 0.223 e. The second-order valence-corrected chi connectivity index (χ2v) is 5.55. The molecule has 1 amide bonds. The van der Waals surface area contributed by atoms with E-state index in [0.717, 1.165) is 0 Å². The molecular weight excluding hydrogens is 321 g/mol. The van der Waals surface area contributed by atoms with Gasteiger partial charge >= 0.3 is 0 Å². The second-order valence-electron chi connectivity index (χ2n) is 5.11. The van der Waals surface area contributed by atoms with Gasteiger partial charge in [0.1, 0.15) is 5.82 Å². The molecule has 6 heteroatoms. The molecule has 2 aromatic rings. The maximum absolute atomic E-state index is 13.5. The van der Waals surface area contributed by atoms with Gasteiger partial charge in [0.25, 0.3) is 0 Å². The number of nitrogens with one attached hydrogen (secondary N) is 1. The highest BCUT2D eigenvalue weighted by atomic mass is 35.5. The average Bonchev–Trinajstić information content (AvgIpc) is 2.53. The third-order valence-corrected chi connectivity index (χ3v) is 3.64. The molecule has 0 saturated carbocycles. The predicted octanol–water partition coefficient (Wildman–Crippen LogP) is 2.75. The summed E-state index contributed by atoms with van der Waals surface area (Å²) in [6.07, 6.45) is -2.28. The smallest absolute Gasteiger partial charge is 0.223 e. The molecule has 2 rings (SSSR count). The average molecular weight is 338 g/mol. The van der Waals surface area contributed by atoms with E-state index < -0.39 is 23.9 Å². The lowest BCUT2D eigenvalue weighted by atomic mass is 10.1. The van der Waals surface area contributed by atoms with Crippen LogP contribution >= 0.6 is 11.6 Å². The van der Waals surface area contributed by atoms with Crippen LogP contribution in [0.2, 0.25) is 5.02 Å². The van der Waals surface area contributed by atoms with Gasteiger partial charge in [-0.05, 0) is 23.8 Å². The number of carbonyl (C=O) groups is 1. The van der Waals surface area contributed by atoms with Crippen LogP contribution < -0.4 is 5.32 Å². The normalized spacial score (nSPS) is 13.4.